The molecule has 0 fully saturated rings. The molecule has 0 radical (unpaired) electrons. The van der Waals surface area contributed by atoms with Gasteiger partial charge in [0.05, 0.1) is 0 Å². The van der Waals surface area contributed by atoms with E-state index in [2.05, 4.69) is 5.32 Å². The van der Waals surface area contributed by atoms with Crippen LogP contribution in [0.25, 0.3) is 0 Å². The van der Waals surface area contributed by atoms with Crippen LogP contribution in [0.2, 0.25) is 0 Å². The Morgan fingerprint density at radius 3 is 1.88 bits per heavy atom. The molecule has 0 unspecified atom stereocenters. The maximum Gasteiger partial charge on any atom is 0.224 e. The van der Waals surface area contributed by atoms with E-state index in [1.165, 1.54) is 0 Å². The van der Waals surface area contributed by atoms with E-state index in [9.17, 15) is 9.59 Å². The lowest BCUT2D eigenvalue weighted by Gasteiger charge is -2.07. The Morgan fingerprint density at radius 2 is 1.24 bits per heavy atom. The van der Waals surface area contributed by atoms with Crippen molar-refractivity contribution in [3.05, 3.63) is 102 Å². The number of hydrogen-bond acceptors (Lipinski definition) is 2. The summed E-state index contributed by atoms with van der Waals surface area (Å²) in [5.74, 6) is -0.0615. The lowest BCUT2D eigenvalue weighted by molar-refractivity contribution is -0.116. The fourth-order valence-corrected chi connectivity index (χ4v) is 2.59. The first kappa shape index (κ1) is 16.7. The molecule has 3 aromatic carbocycles. The third-order valence-electron chi connectivity index (χ3n) is 3.95. The first-order chi connectivity index (χ1) is 12.2. The van der Waals surface area contributed by atoms with Crippen molar-refractivity contribution in [2.24, 2.45) is 0 Å². The number of carbonyl (C=O) groups is 2. The predicted octanol–water partition coefficient (Wildman–Crippen LogP) is 4.49. The third-order valence-corrected chi connectivity index (χ3v) is 3.95. The van der Waals surface area contributed by atoms with Crippen molar-refractivity contribution in [2.45, 2.75) is 12.8 Å². The summed E-state index contributed by atoms with van der Waals surface area (Å²) in [7, 11) is 0. The highest BCUT2D eigenvalue weighted by molar-refractivity contribution is 6.09. The summed E-state index contributed by atoms with van der Waals surface area (Å²) < 4.78 is 0. The van der Waals surface area contributed by atoms with Crippen molar-refractivity contribution in [1.82, 2.24) is 0 Å². The van der Waals surface area contributed by atoms with Gasteiger partial charge in [-0.05, 0) is 36.2 Å². The molecule has 3 aromatic rings. The smallest absolute Gasteiger partial charge is 0.224 e. The fourth-order valence-electron chi connectivity index (χ4n) is 2.59. The van der Waals surface area contributed by atoms with Crippen molar-refractivity contribution < 1.29 is 9.59 Å². The van der Waals surface area contributed by atoms with Crippen molar-refractivity contribution in [2.75, 3.05) is 5.32 Å². The predicted molar refractivity (Wildman–Crippen MR) is 99.7 cm³/mol. The van der Waals surface area contributed by atoms with E-state index in [1.54, 1.807) is 36.4 Å². The van der Waals surface area contributed by atoms with E-state index < -0.39 is 0 Å². The zero-order valence-corrected chi connectivity index (χ0v) is 13.8. The molecule has 0 spiro atoms. The molecule has 0 aliphatic rings. The normalized spacial score (nSPS) is 10.2. The van der Waals surface area contributed by atoms with Crippen LogP contribution in [0, 0.1) is 0 Å². The summed E-state index contributed by atoms with van der Waals surface area (Å²) in [5.41, 5.74) is 3.10. The average molecular weight is 329 g/mol. The largest absolute Gasteiger partial charge is 0.326 e. The molecule has 3 nitrogen and oxygen atoms in total. The number of rotatable bonds is 6. The van der Waals surface area contributed by atoms with E-state index in [0.717, 1.165) is 5.56 Å². The Labute approximate surface area is 147 Å². The van der Waals surface area contributed by atoms with Gasteiger partial charge in [0.25, 0.3) is 0 Å². The molecule has 3 rings (SSSR count). The first-order valence-electron chi connectivity index (χ1n) is 8.26. The SMILES string of the molecule is O=C(CCc1ccccc1)Nc1ccc(C(=O)c2ccccc2)cc1. The highest BCUT2D eigenvalue weighted by Gasteiger charge is 2.09. The van der Waals surface area contributed by atoms with Gasteiger partial charge in [-0.2, -0.15) is 0 Å². The summed E-state index contributed by atoms with van der Waals surface area (Å²) in [6.45, 7) is 0. The molecule has 3 heteroatoms. The van der Waals surface area contributed by atoms with Gasteiger partial charge < -0.3 is 5.32 Å². The summed E-state index contributed by atoms with van der Waals surface area (Å²) >= 11 is 0. The summed E-state index contributed by atoms with van der Waals surface area (Å²) in [5, 5.41) is 2.87. The minimum Gasteiger partial charge on any atom is -0.326 e. The number of ketones is 1. The lowest BCUT2D eigenvalue weighted by Crippen LogP contribution is -2.12. The number of aryl methyl sites for hydroxylation is 1. The third kappa shape index (κ3) is 4.64. The molecule has 124 valence electrons. The molecule has 0 aliphatic heterocycles. The van der Waals surface area contributed by atoms with Crippen LogP contribution < -0.4 is 5.32 Å². The molecule has 1 N–H and O–H groups in total. The van der Waals surface area contributed by atoms with Gasteiger partial charge in [0, 0.05) is 23.2 Å². The van der Waals surface area contributed by atoms with Gasteiger partial charge in [0.2, 0.25) is 5.91 Å². The lowest BCUT2D eigenvalue weighted by atomic mass is 10.0. The van der Waals surface area contributed by atoms with Crippen molar-refractivity contribution in [1.29, 1.82) is 0 Å². The van der Waals surface area contributed by atoms with Crippen LogP contribution in [0.15, 0.2) is 84.9 Å². The second-order valence-corrected chi connectivity index (χ2v) is 5.81. The fraction of sp³-hybridized carbons (Fsp3) is 0.0909. The number of hydrogen-bond donors (Lipinski definition) is 1. The standard InChI is InChI=1S/C22H19NO2/c24-21(16-11-17-7-3-1-4-8-17)23-20-14-12-19(13-15-20)22(25)18-9-5-2-6-10-18/h1-10,12-15H,11,16H2,(H,23,24). The molecule has 1 amide bonds. The minimum absolute atomic E-state index is 0.0254. The number of benzene rings is 3. The zero-order chi connectivity index (χ0) is 17.5. The summed E-state index contributed by atoms with van der Waals surface area (Å²) in [6, 6.07) is 26.1. The van der Waals surface area contributed by atoms with Crippen molar-refractivity contribution >= 4 is 17.4 Å². The second-order valence-electron chi connectivity index (χ2n) is 5.81. The van der Waals surface area contributed by atoms with Crippen molar-refractivity contribution in [3.8, 4) is 0 Å². The molecule has 0 aromatic heterocycles. The van der Waals surface area contributed by atoms with E-state index in [-0.39, 0.29) is 11.7 Å². The van der Waals surface area contributed by atoms with Crippen LogP contribution in [-0.4, -0.2) is 11.7 Å². The maximum atomic E-state index is 12.4. The Hall–Kier alpha value is -3.20. The summed E-state index contributed by atoms with van der Waals surface area (Å²) in [6.07, 6.45) is 1.13. The summed E-state index contributed by atoms with van der Waals surface area (Å²) in [4.78, 5) is 24.4. The topological polar surface area (TPSA) is 46.2 Å². The monoisotopic (exact) mass is 329 g/mol. The number of carbonyl (C=O) groups excluding carboxylic acids is 2. The molecule has 0 saturated heterocycles. The Bertz CT molecular complexity index is 840. The molecule has 0 saturated carbocycles. The minimum atomic E-state index is -0.0361. The van der Waals surface area contributed by atoms with Crippen LogP contribution in [0.4, 0.5) is 5.69 Å². The number of amides is 1. The van der Waals surface area contributed by atoms with E-state index in [4.69, 9.17) is 0 Å². The van der Waals surface area contributed by atoms with Gasteiger partial charge in [0.1, 0.15) is 0 Å². The highest BCUT2D eigenvalue weighted by Crippen LogP contribution is 2.14. The molecule has 0 atom stereocenters. The van der Waals surface area contributed by atoms with Crippen LogP contribution in [0.3, 0.4) is 0 Å². The number of anilines is 1. The van der Waals surface area contributed by atoms with Gasteiger partial charge in [-0.3, -0.25) is 9.59 Å². The number of nitrogens with one attached hydrogen (secondary N) is 1. The molecule has 25 heavy (non-hydrogen) atoms. The van der Waals surface area contributed by atoms with Crippen LogP contribution in [-0.2, 0) is 11.2 Å². The van der Waals surface area contributed by atoms with Gasteiger partial charge in [-0.1, -0.05) is 60.7 Å². The first-order valence-corrected chi connectivity index (χ1v) is 8.26. The van der Waals surface area contributed by atoms with Crippen molar-refractivity contribution in [3.63, 3.8) is 0 Å². The van der Waals surface area contributed by atoms with Gasteiger partial charge in [-0.25, -0.2) is 0 Å². The van der Waals surface area contributed by atoms with Crippen LogP contribution in [0.1, 0.15) is 27.9 Å². The molecule has 0 heterocycles. The molecular weight excluding hydrogens is 310 g/mol. The quantitative estimate of drug-likeness (QED) is 0.677. The van der Waals surface area contributed by atoms with Gasteiger partial charge >= 0.3 is 0 Å². The Kier molecular flexibility index (Phi) is 5.37. The average Bonchev–Trinajstić information content (AvgIpc) is 2.68. The zero-order valence-electron chi connectivity index (χ0n) is 13.8. The molecular formula is C22H19NO2. The Balaban J connectivity index is 1.57. The van der Waals surface area contributed by atoms with E-state index >= 15 is 0 Å². The van der Waals surface area contributed by atoms with Crippen LogP contribution >= 0.6 is 0 Å². The van der Waals surface area contributed by atoms with Gasteiger partial charge in [-0.15, -0.1) is 0 Å². The highest BCUT2D eigenvalue weighted by atomic mass is 16.1. The molecule has 0 aliphatic carbocycles. The van der Waals surface area contributed by atoms with E-state index in [0.29, 0.717) is 29.7 Å². The molecule has 0 bridgehead atoms. The van der Waals surface area contributed by atoms with Gasteiger partial charge in [0.15, 0.2) is 5.78 Å². The van der Waals surface area contributed by atoms with Crippen LogP contribution in [0.5, 0.6) is 0 Å². The maximum absolute atomic E-state index is 12.4. The second kappa shape index (κ2) is 8.06. The Morgan fingerprint density at radius 1 is 0.680 bits per heavy atom. The van der Waals surface area contributed by atoms with E-state index in [1.807, 2.05) is 48.5 Å².